The highest BCUT2D eigenvalue weighted by Crippen LogP contribution is 2.27. The van der Waals surface area contributed by atoms with E-state index in [1.54, 1.807) is 0 Å². The molecule has 0 amide bonds. The Bertz CT molecular complexity index is 433. The van der Waals surface area contributed by atoms with Gasteiger partial charge in [-0.2, -0.15) is 5.26 Å². The molecule has 98 valence electrons. The lowest BCUT2D eigenvalue weighted by atomic mass is 9.89. The van der Waals surface area contributed by atoms with E-state index in [2.05, 4.69) is 19.1 Å². The van der Waals surface area contributed by atoms with Gasteiger partial charge in [-0.3, -0.25) is 0 Å². The van der Waals surface area contributed by atoms with E-state index in [1.165, 1.54) is 10.5 Å². The predicted octanol–water partition coefficient (Wildman–Crippen LogP) is 4.39. The Morgan fingerprint density at radius 1 is 1.33 bits per heavy atom. The molecule has 1 rings (SSSR count). The number of thioether (sulfide) groups is 1. The summed E-state index contributed by atoms with van der Waals surface area (Å²) in [6.07, 6.45) is 3.24. The minimum atomic E-state index is -0.179. The molecule has 0 bridgehead atoms. The van der Waals surface area contributed by atoms with Crippen LogP contribution in [0.15, 0.2) is 23.1 Å². The van der Waals surface area contributed by atoms with E-state index in [-0.39, 0.29) is 5.41 Å². The molecule has 18 heavy (non-hydrogen) atoms. The van der Waals surface area contributed by atoms with Crippen LogP contribution in [0.4, 0.5) is 5.69 Å². The number of nitrogens with zero attached hydrogens (tertiary/aromatic N) is 1. The molecule has 1 aromatic rings. The first-order valence-electron chi connectivity index (χ1n) is 6.35. The van der Waals surface area contributed by atoms with E-state index in [1.807, 2.05) is 37.7 Å². The summed E-state index contributed by atoms with van der Waals surface area (Å²) < 4.78 is 0. The van der Waals surface area contributed by atoms with Crippen LogP contribution in [-0.4, -0.2) is 5.75 Å². The molecule has 2 N–H and O–H groups in total. The standard InChI is InChI=1S/C15H22N2S/c1-12-10-13(17)6-7-14(12)18-9-5-4-8-15(2,3)11-16/h6-7,10H,4-5,8-9,17H2,1-3H3. The van der Waals surface area contributed by atoms with Gasteiger partial charge >= 0.3 is 0 Å². The van der Waals surface area contributed by atoms with E-state index in [9.17, 15) is 0 Å². The van der Waals surface area contributed by atoms with Crippen molar-refractivity contribution in [2.24, 2.45) is 5.41 Å². The largest absolute Gasteiger partial charge is 0.399 e. The first-order chi connectivity index (χ1) is 8.44. The molecule has 0 aliphatic heterocycles. The molecule has 0 aliphatic carbocycles. The van der Waals surface area contributed by atoms with Gasteiger partial charge in [0.05, 0.1) is 11.5 Å². The Morgan fingerprint density at radius 2 is 2.06 bits per heavy atom. The molecule has 0 atom stereocenters. The van der Waals surface area contributed by atoms with E-state index in [0.717, 1.165) is 30.7 Å². The van der Waals surface area contributed by atoms with Gasteiger partial charge in [-0.15, -0.1) is 11.8 Å². The van der Waals surface area contributed by atoms with Gasteiger partial charge in [-0.25, -0.2) is 0 Å². The Hall–Kier alpha value is -1.14. The lowest BCUT2D eigenvalue weighted by Gasteiger charge is -2.14. The zero-order valence-corrected chi connectivity index (χ0v) is 12.3. The van der Waals surface area contributed by atoms with Crippen LogP contribution in [0.1, 0.15) is 38.7 Å². The zero-order valence-electron chi connectivity index (χ0n) is 11.5. The van der Waals surface area contributed by atoms with E-state index in [4.69, 9.17) is 11.0 Å². The molecule has 0 aromatic heterocycles. The first kappa shape index (κ1) is 14.9. The highest BCUT2D eigenvalue weighted by atomic mass is 32.2. The van der Waals surface area contributed by atoms with Gasteiger partial charge in [-0.1, -0.05) is 6.42 Å². The summed E-state index contributed by atoms with van der Waals surface area (Å²) in [5.41, 5.74) is 7.62. The van der Waals surface area contributed by atoms with Crippen LogP contribution in [0, 0.1) is 23.7 Å². The van der Waals surface area contributed by atoms with Crippen LogP contribution < -0.4 is 5.73 Å². The molecule has 1 aromatic carbocycles. The molecule has 0 saturated carbocycles. The maximum atomic E-state index is 8.92. The van der Waals surface area contributed by atoms with Crippen LogP contribution >= 0.6 is 11.8 Å². The summed E-state index contributed by atoms with van der Waals surface area (Å²) in [5.74, 6) is 1.10. The molecular weight excluding hydrogens is 240 g/mol. The van der Waals surface area contributed by atoms with Gasteiger partial charge in [0, 0.05) is 10.6 Å². The van der Waals surface area contributed by atoms with Gasteiger partial charge in [0.1, 0.15) is 0 Å². The molecular formula is C15H22N2S. The van der Waals surface area contributed by atoms with Crippen LogP contribution in [0.25, 0.3) is 0 Å². The van der Waals surface area contributed by atoms with Crippen LogP contribution in [0.3, 0.4) is 0 Å². The number of anilines is 1. The normalized spacial score (nSPS) is 11.2. The van der Waals surface area contributed by atoms with Crippen molar-refractivity contribution in [3.8, 4) is 6.07 Å². The van der Waals surface area contributed by atoms with Crippen molar-refractivity contribution in [2.45, 2.75) is 44.9 Å². The molecule has 0 fully saturated rings. The van der Waals surface area contributed by atoms with E-state index in [0.29, 0.717) is 0 Å². The van der Waals surface area contributed by atoms with Gasteiger partial charge in [0.2, 0.25) is 0 Å². The number of nitriles is 1. The third kappa shape index (κ3) is 5.01. The van der Waals surface area contributed by atoms with Gasteiger partial charge in [0.25, 0.3) is 0 Å². The number of benzene rings is 1. The second kappa shape index (κ2) is 6.70. The summed E-state index contributed by atoms with van der Waals surface area (Å²) >= 11 is 1.88. The number of aryl methyl sites for hydroxylation is 1. The minimum Gasteiger partial charge on any atom is -0.399 e. The van der Waals surface area contributed by atoms with Crippen molar-refractivity contribution >= 4 is 17.4 Å². The average Bonchev–Trinajstić information content (AvgIpc) is 2.31. The summed E-state index contributed by atoms with van der Waals surface area (Å²) in [5, 5.41) is 8.92. The summed E-state index contributed by atoms with van der Waals surface area (Å²) in [4.78, 5) is 1.31. The Balaban J connectivity index is 2.29. The molecule has 0 unspecified atom stereocenters. The molecule has 0 aliphatic rings. The first-order valence-corrected chi connectivity index (χ1v) is 7.33. The minimum absolute atomic E-state index is 0.179. The molecule has 0 spiro atoms. The predicted molar refractivity (Wildman–Crippen MR) is 79.6 cm³/mol. The number of rotatable bonds is 6. The quantitative estimate of drug-likeness (QED) is 0.470. The topological polar surface area (TPSA) is 49.8 Å². The second-order valence-electron chi connectivity index (χ2n) is 5.33. The molecule has 0 heterocycles. The van der Waals surface area contributed by atoms with Crippen LogP contribution in [0.2, 0.25) is 0 Å². The Kier molecular flexibility index (Phi) is 5.55. The maximum absolute atomic E-state index is 8.92. The molecule has 0 radical (unpaired) electrons. The Morgan fingerprint density at radius 3 is 2.67 bits per heavy atom. The molecule has 0 saturated heterocycles. The van der Waals surface area contributed by atoms with Crippen molar-refractivity contribution in [3.05, 3.63) is 23.8 Å². The summed E-state index contributed by atoms with van der Waals surface area (Å²) in [6, 6.07) is 8.40. The van der Waals surface area contributed by atoms with Gasteiger partial charge in [-0.05, 0) is 63.1 Å². The number of nitrogen functional groups attached to an aromatic ring is 1. The smallest absolute Gasteiger partial charge is 0.0683 e. The van der Waals surface area contributed by atoms with Gasteiger partial charge < -0.3 is 5.73 Å². The van der Waals surface area contributed by atoms with Crippen molar-refractivity contribution < 1.29 is 0 Å². The SMILES string of the molecule is Cc1cc(N)ccc1SCCCCC(C)(C)C#N. The fraction of sp³-hybridized carbons (Fsp3) is 0.533. The lowest BCUT2D eigenvalue weighted by Crippen LogP contribution is -2.07. The van der Waals surface area contributed by atoms with Crippen molar-refractivity contribution in [1.82, 2.24) is 0 Å². The number of unbranched alkanes of at least 4 members (excludes halogenated alkanes) is 1. The monoisotopic (exact) mass is 262 g/mol. The maximum Gasteiger partial charge on any atom is 0.0683 e. The third-order valence-corrected chi connectivity index (χ3v) is 4.22. The summed E-state index contributed by atoms with van der Waals surface area (Å²) in [7, 11) is 0. The van der Waals surface area contributed by atoms with Crippen LogP contribution in [-0.2, 0) is 0 Å². The number of hydrogen-bond acceptors (Lipinski definition) is 3. The van der Waals surface area contributed by atoms with Crippen molar-refractivity contribution in [3.63, 3.8) is 0 Å². The average molecular weight is 262 g/mol. The number of hydrogen-bond donors (Lipinski definition) is 1. The molecule has 3 heteroatoms. The van der Waals surface area contributed by atoms with Crippen molar-refractivity contribution in [2.75, 3.05) is 11.5 Å². The Labute approximate surface area is 115 Å². The zero-order chi connectivity index (χ0) is 13.6. The fourth-order valence-corrected chi connectivity index (χ4v) is 2.76. The third-order valence-electron chi connectivity index (χ3n) is 2.96. The second-order valence-corrected chi connectivity index (χ2v) is 6.46. The number of nitrogens with two attached hydrogens (primary N) is 1. The van der Waals surface area contributed by atoms with E-state index < -0.39 is 0 Å². The van der Waals surface area contributed by atoms with Crippen LogP contribution in [0.5, 0.6) is 0 Å². The molecule has 2 nitrogen and oxygen atoms in total. The lowest BCUT2D eigenvalue weighted by molar-refractivity contribution is 0.433. The van der Waals surface area contributed by atoms with Crippen molar-refractivity contribution in [1.29, 1.82) is 5.26 Å². The highest BCUT2D eigenvalue weighted by Gasteiger charge is 2.15. The summed E-state index contributed by atoms with van der Waals surface area (Å²) in [6.45, 7) is 6.10. The van der Waals surface area contributed by atoms with E-state index >= 15 is 0 Å². The van der Waals surface area contributed by atoms with Gasteiger partial charge in [0.15, 0.2) is 0 Å². The fourth-order valence-electron chi connectivity index (χ4n) is 1.74. The highest BCUT2D eigenvalue weighted by molar-refractivity contribution is 7.99.